The Kier molecular flexibility index (Phi) is 13.9. The Morgan fingerprint density at radius 1 is 0.900 bits per heavy atom. The topological polar surface area (TPSA) is 0 Å². The van der Waals surface area contributed by atoms with E-state index in [0.717, 1.165) is 29.6 Å². The van der Waals surface area contributed by atoms with Crippen LogP contribution in [0.4, 0.5) is 0 Å². The summed E-state index contributed by atoms with van der Waals surface area (Å²) in [6.45, 7) is 11.8. The molecule has 0 aromatic heterocycles. The van der Waals surface area contributed by atoms with E-state index in [1.165, 1.54) is 44.9 Å². The Morgan fingerprint density at radius 2 is 1.30 bits per heavy atom. The molecule has 0 aromatic carbocycles. The minimum atomic E-state index is -0.826. The van der Waals surface area contributed by atoms with Crippen molar-refractivity contribution in [3.05, 3.63) is 0 Å². The number of rotatable bonds is 2. The zero-order chi connectivity index (χ0) is 15.5. The molecular formula is C17H34Cl2Zr. The summed E-state index contributed by atoms with van der Waals surface area (Å²) < 4.78 is 0. The molecule has 4 unspecified atom stereocenters. The van der Waals surface area contributed by atoms with Gasteiger partial charge in [0.25, 0.3) is 0 Å². The maximum atomic E-state index is 4.93. The third-order valence-electron chi connectivity index (χ3n) is 5.54. The van der Waals surface area contributed by atoms with Crippen LogP contribution >= 0.6 is 17.0 Å². The van der Waals surface area contributed by atoms with Gasteiger partial charge in [-0.15, -0.1) is 0 Å². The number of halogens is 2. The van der Waals surface area contributed by atoms with Gasteiger partial charge < -0.3 is 0 Å². The van der Waals surface area contributed by atoms with Crippen LogP contribution in [0.15, 0.2) is 0 Å². The third-order valence-corrected chi connectivity index (χ3v) is 5.54. The van der Waals surface area contributed by atoms with Crippen molar-refractivity contribution in [1.82, 2.24) is 0 Å². The third kappa shape index (κ3) is 8.80. The minimum absolute atomic E-state index is 0.826. The molecule has 2 aliphatic rings. The molecule has 0 amide bonds. The average Bonchev–Trinajstić information content (AvgIpc) is 2.98. The average molecular weight is 401 g/mol. The van der Waals surface area contributed by atoms with Gasteiger partial charge in [-0.3, -0.25) is 0 Å². The Bertz CT molecular complexity index is 205. The molecule has 2 aliphatic carbocycles. The fourth-order valence-corrected chi connectivity index (χ4v) is 3.76. The SMILES string of the molecule is CC1CC(C)C(C)C1C.CCCC1CCCC1.[Cl][Zr][Cl]. The molecule has 0 saturated heterocycles. The fraction of sp³-hybridized carbons (Fsp3) is 1.00. The van der Waals surface area contributed by atoms with Gasteiger partial charge in [0.1, 0.15) is 0 Å². The zero-order valence-electron chi connectivity index (χ0n) is 14.1. The van der Waals surface area contributed by atoms with Crippen LogP contribution in [-0.4, -0.2) is 0 Å². The van der Waals surface area contributed by atoms with Gasteiger partial charge in [-0.25, -0.2) is 0 Å². The molecular weight excluding hydrogens is 366 g/mol. The normalized spacial score (nSPS) is 33.0. The molecule has 0 bridgehead atoms. The summed E-state index contributed by atoms with van der Waals surface area (Å²) in [5.74, 6) is 4.96. The van der Waals surface area contributed by atoms with Crippen LogP contribution in [0.25, 0.3) is 0 Å². The number of hydrogen-bond donors (Lipinski definition) is 0. The van der Waals surface area contributed by atoms with Crippen molar-refractivity contribution in [2.75, 3.05) is 0 Å². The van der Waals surface area contributed by atoms with E-state index in [-0.39, 0.29) is 0 Å². The molecule has 0 spiro atoms. The van der Waals surface area contributed by atoms with Crippen LogP contribution in [0.1, 0.15) is 79.6 Å². The van der Waals surface area contributed by atoms with Crippen molar-refractivity contribution in [2.45, 2.75) is 79.6 Å². The van der Waals surface area contributed by atoms with Crippen LogP contribution < -0.4 is 0 Å². The van der Waals surface area contributed by atoms with Gasteiger partial charge in [0.05, 0.1) is 0 Å². The molecule has 0 N–H and O–H groups in total. The maximum absolute atomic E-state index is 4.93. The zero-order valence-corrected chi connectivity index (χ0v) is 18.1. The molecule has 0 aromatic rings. The summed E-state index contributed by atoms with van der Waals surface area (Å²) in [6.07, 6.45) is 10.4. The van der Waals surface area contributed by atoms with E-state index < -0.39 is 20.8 Å². The summed E-state index contributed by atoms with van der Waals surface area (Å²) >= 11 is -0.826. The summed E-state index contributed by atoms with van der Waals surface area (Å²) in [6, 6.07) is 0. The fourth-order valence-electron chi connectivity index (χ4n) is 3.76. The van der Waals surface area contributed by atoms with E-state index in [1.54, 1.807) is 0 Å². The van der Waals surface area contributed by atoms with Crippen molar-refractivity contribution in [3.63, 3.8) is 0 Å². The van der Waals surface area contributed by atoms with Gasteiger partial charge in [-0.1, -0.05) is 73.1 Å². The van der Waals surface area contributed by atoms with Gasteiger partial charge >= 0.3 is 37.9 Å². The standard InChI is InChI=1S/C9H18.C8H16.2ClH.Zr/c1-6-5-7(2)9(4)8(6)3;1-2-5-8-6-3-4-7-8;;;/h6-9H,5H2,1-4H3;8H,2-7H2,1H3;2*1H;/q;;;;+2/p-2. The molecule has 120 valence electrons. The first kappa shape index (κ1) is 21.5. The molecule has 2 saturated carbocycles. The van der Waals surface area contributed by atoms with Gasteiger partial charge in [-0.05, 0) is 36.0 Å². The molecule has 0 heterocycles. The van der Waals surface area contributed by atoms with Crippen LogP contribution in [0, 0.1) is 29.6 Å². The predicted octanol–water partition coefficient (Wildman–Crippen LogP) is 7.29. The van der Waals surface area contributed by atoms with E-state index in [1.807, 2.05) is 0 Å². The molecule has 2 rings (SSSR count). The quantitative estimate of drug-likeness (QED) is 0.456. The van der Waals surface area contributed by atoms with Crippen molar-refractivity contribution in [3.8, 4) is 0 Å². The molecule has 20 heavy (non-hydrogen) atoms. The van der Waals surface area contributed by atoms with Crippen molar-refractivity contribution >= 4 is 17.0 Å². The summed E-state index contributed by atoms with van der Waals surface area (Å²) in [7, 11) is 9.87. The van der Waals surface area contributed by atoms with Crippen molar-refractivity contribution in [1.29, 1.82) is 0 Å². The van der Waals surface area contributed by atoms with Crippen LogP contribution in [-0.2, 0) is 20.8 Å². The van der Waals surface area contributed by atoms with E-state index in [0.29, 0.717) is 0 Å². The second-order valence-electron chi connectivity index (χ2n) is 6.92. The van der Waals surface area contributed by atoms with Gasteiger partial charge in [-0.2, -0.15) is 0 Å². The first-order valence-corrected chi connectivity index (χ1v) is 14.8. The Labute approximate surface area is 146 Å². The molecule has 4 atom stereocenters. The second-order valence-corrected chi connectivity index (χ2v) is 10.7. The van der Waals surface area contributed by atoms with Gasteiger partial charge in [0.2, 0.25) is 0 Å². The van der Waals surface area contributed by atoms with Crippen LogP contribution in [0.3, 0.4) is 0 Å². The Morgan fingerprint density at radius 3 is 1.55 bits per heavy atom. The Balaban J connectivity index is 0.000000304. The predicted molar refractivity (Wildman–Crippen MR) is 89.8 cm³/mol. The monoisotopic (exact) mass is 398 g/mol. The number of hydrogen-bond acceptors (Lipinski definition) is 0. The Hall–Kier alpha value is 1.46. The molecule has 0 radical (unpaired) electrons. The molecule has 0 aliphatic heterocycles. The first-order valence-electron chi connectivity index (χ1n) is 8.44. The first-order chi connectivity index (χ1) is 9.47. The summed E-state index contributed by atoms with van der Waals surface area (Å²) in [5, 5.41) is 0. The van der Waals surface area contributed by atoms with Crippen molar-refractivity contribution in [2.24, 2.45) is 29.6 Å². The van der Waals surface area contributed by atoms with Gasteiger partial charge in [0.15, 0.2) is 0 Å². The van der Waals surface area contributed by atoms with E-state index in [2.05, 4.69) is 34.6 Å². The van der Waals surface area contributed by atoms with E-state index in [9.17, 15) is 0 Å². The molecule has 0 nitrogen and oxygen atoms in total. The second kappa shape index (κ2) is 13.0. The molecule has 3 heteroatoms. The van der Waals surface area contributed by atoms with E-state index in [4.69, 9.17) is 17.0 Å². The van der Waals surface area contributed by atoms with Crippen molar-refractivity contribution < 1.29 is 20.8 Å². The summed E-state index contributed by atoms with van der Waals surface area (Å²) in [5.41, 5.74) is 0. The molecule has 2 fully saturated rings. The summed E-state index contributed by atoms with van der Waals surface area (Å²) in [4.78, 5) is 0. The van der Waals surface area contributed by atoms with Gasteiger partial charge in [0, 0.05) is 0 Å². The van der Waals surface area contributed by atoms with Crippen LogP contribution in [0.2, 0.25) is 0 Å². The van der Waals surface area contributed by atoms with E-state index >= 15 is 0 Å². The van der Waals surface area contributed by atoms with Crippen LogP contribution in [0.5, 0.6) is 0 Å².